The number of thiocarbonyl (C=S) groups is 1. The summed E-state index contributed by atoms with van der Waals surface area (Å²) < 4.78 is 40.4. The fourth-order valence-electron chi connectivity index (χ4n) is 4.92. The molecule has 8 heteroatoms. The highest BCUT2D eigenvalue weighted by Crippen LogP contribution is 2.47. The van der Waals surface area contributed by atoms with Gasteiger partial charge in [-0.1, -0.05) is 48.6 Å². The molecule has 4 atom stereocenters. The maximum absolute atomic E-state index is 15.2. The maximum atomic E-state index is 15.2. The van der Waals surface area contributed by atoms with Gasteiger partial charge in [0.2, 0.25) is 0 Å². The largest absolute Gasteiger partial charge is 0.390 e. The first-order valence-corrected chi connectivity index (χ1v) is 11.9. The maximum Gasteiger partial charge on any atom is 0.169 e. The first-order valence-electron chi connectivity index (χ1n) is 11.5. The molecule has 2 fully saturated rings. The van der Waals surface area contributed by atoms with Crippen molar-refractivity contribution in [3.05, 3.63) is 71.3 Å². The number of rotatable bonds is 9. The molecule has 182 valence electrons. The molecule has 0 bridgehead atoms. The summed E-state index contributed by atoms with van der Waals surface area (Å²) in [6.45, 7) is 0.0475. The van der Waals surface area contributed by atoms with Gasteiger partial charge in [0.15, 0.2) is 5.78 Å². The Kier molecular flexibility index (Phi) is 7.72. The molecule has 34 heavy (non-hydrogen) atoms. The molecule has 4 rings (SSSR count). The average molecular weight is 490 g/mol. The molecule has 1 aliphatic carbocycles. The SMILES string of the molecule is COC[C@H](O)[C@@H]1C[C@H](C2CC2)OC[C@@]1(NC(=S)CC(=O)c1ccccc1)c1ccc(F)cc1F. The van der Waals surface area contributed by atoms with Gasteiger partial charge in [-0.15, -0.1) is 0 Å². The van der Waals surface area contributed by atoms with E-state index >= 15 is 4.39 Å². The van der Waals surface area contributed by atoms with Crippen molar-refractivity contribution in [3.8, 4) is 0 Å². The standard InChI is InChI=1S/C26H29F2NO4S/c1-32-14-23(31)20-12-24(17-7-8-17)33-15-26(20,19-10-9-18(27)11-21(19)28)29-25(34)13-22(30)16-5-3-2-4-6-16/h2-6,9-11,17,20,23-24,31H,7-8,12-15H2,1H3,(H,29,34)/t20-,23-,24+,26+/m0/s1. The molecule has 2 aromatic rings. The van der Waals surface area contributed by atoms with Crippen molar-refractivity contribution in [2.24, 2.45) is 11.8 Å². The summed E-state index contributed by atoms with van der Waals surface area (Å²) in [5.41, 5.74) is -0.647. The van der Waals surface area contributed by atoms with E-state index in [9.17, 15) is 14.3 Å². The minimum Gasteiger partial charge on any atom is -0.390 e. The molecular formula is C26H29F2NO4S. The zero-order chi connectivity index (χ0) is 24.3. The summed E-state index contributed by atoms with van der Waals surface area (Å²) in [5, 5.41) is 14.3. The Balaban J connectivity index is 1.68. The van der Waals surface area contributed by atoms with Gasteiger partial charge < -0.3 is 19.9 Å². The lowest BCUT2D eigenvalue weighted by Crippen LogP contribution is -2.62. The predicted molar refractivity (Wildman–Crippen MR) is 128 cm³/mol. The van der Waals surface area contributed by atoms with Gasteiger partial charge in [0.25, 0.3) is 0 Å². The number of hydrogen-bond donors (Lipinski definition) is 2. The Hall–Kier alpha value is -2.26. The van der Waals surface area contributed by atoms with Gasteiger partial charge >= 0.3 is 0 Å². The summed E-state index contributed by atoms with van der Waals surface area (Å²) in [4.78, 5) is 13.0. The van der Waals surface area contributed by atoms with Crippen LogP contribution in [0.2, 0.25) is 0 Å². The number of halogens is 2. The number of benzene rings is 2. The van der Waals surface area contributed by atoms with Crippen molar-refractivity contribution in [3.63, 3.8) is 0 Å². The summed E-state index contributed by atoms with van der Waals surface area (Å²) in [5.74, 6) is -1.81. The van der Waals surface area contributed by atoms with Crippen LogP contribution in [0.3, 0.4) is 0 Å². The van der Waals surface area contributed by atoms with Crippen molar-refractivity contribution in [1.29, 1.82) is 0 Å². The van der Waals surface area contributed by atoms with Gasteiger partial charge in [-0.05, 0) is 31.2 Å². The van der Waals surface area contributed by atoms with Gasteiger partial charge in [-0.2, -0.15) is 0 Å². The quantitative estimate of drug-likeness (QED) is 0.407. The van der Waals surface area contributed by atoms with E-state index < -0.39 is 29.2 Å². The molecule has 0 radical (unpaired) electrons. The highest BCUT2D eigenvalue weighted by Gasteiger charge is 2.52. The van der Waals surface area contributed by atoms with E-state index in [0.717, 1.165) is 18.9 Å². The number of Topliss-reactive ketones (excluding diaryl/α,β-unsaturated/α-hetero) is 1. The van der Waals surface area contributed by atoms with Crippen LogP contribution < -0.4 is 5.32 Å². The van der Waals surface area contributed by atoms with Crippen LogP contribution in [0.5, 0.6) is 0 Å². The van der Waals surface area contributed by atoms with Crippen molar-refractivity contribution >= 4 is 23.0 Å². The Labute approximate surface area is 203 Å². The van der Waals surface area contributed by atoms with Crippen molar-refractivity contribution in [1.82, 2.24) is 5.32 Å². The van der Waals surface area contributed by atoms with Gasteiger partial charge in [0, 0.05) is 30.2 Å². The lowest BCUT2D eigenvalue weighted by Gasteiger charge is -2.49. The molecule has 5 nitrogen and oxygen atoms in total. The molecule has 2 N–H and O–H groups in total. The Bertz CT molecular complexity index is 1030. The van der Waals surface area contributed by atoms with Crippen LogP contribution >= 0.6 is 12.2 Å². The van der Waals surface area contributed by atoms with Crippen LogP contribution in [0, 0.1) is 23.5 Å². The second-order valence-electron chi connectivity index (χ2n) is 9.16. The summed E-state index contributed by atoms with van der Waals surface area (Å²) >= 11 is 5.55. The molecular weight excluding hydrogens is 460 g/mol. The summed E-state index contributed by atoms with van der Waals surface area (Å²) in [6, 6.07) is 12.1. The Morgan fingerprint density at radius 2 is 2.00 bits per heavy atom. The van der Waals surface area contributed by atoms with Crippen molar-refractivity contribution < 1.29 is 28.2 Å². The van der Waals surface area contributed by atoms with Crippen LogP contribution in [0.15, 0.2) is 48.5 Å². The molecule has 0 aromatic heterocycles. The third kappa shape index (κ3) is 5.35. The highest BCUT2D eigenvalue weighted by atomic mass is 32.1. The zero-order valence-corrected chi connectivity index (χ0v) is 19.8. The third-order valence-electron chi connectivity index (χ3n) is 6.79. The van der Waals surface area contributed by atoms with Crippen LogP contribution in [0.25, 0.3) is 0 Å². The lowest BCUT2D eigenvalue weighted by atomic mass is 9.70. The van der Waals surface area contributed by atoms with E-state index in [4.69, 9.17) is 21.7 Å². The van der Waals surface area contributed by atoms with Crippen molar-refractivity contribution in [2.75, 3.05) is 20.3 Å². The zero-order valence-electron chi connectivity index (χ0n) is 19.0. The van der Waals surface area contributed by atoms with E-state index in [0.29, 0.717) is 17.9 Å². The molecule has 0 unspecified atom stereocenters. The fourth-order valence-corrected chi connectivity index (χ4v) is 5.24. The van der Waals surface area contributed by atoms with E-state index in [1.54, 1.807) is 24.3 Å². The van der Waals surface area contributed by atoms with E-state index in [-0.39, 0.29) is 42.1 Å². The molecule has 1 saturated heterocycles. The van der Waals surface area contributed by atoms with E-state index in [1.807, 2.05) is 6.07 Å². The molecule has 0 spiro atoms. The van der Waals surface area contributed by atoms with Gasteiger partial charge in [0.05, 0.1) is 42.4 Å². The molecule has 0 amide bonds. The number of carbonyl (C=O) groups excluding carboxylic acids is 1. The van der Waals surface area contributed by atoms with Crippen LogP contribution in [-0.4, -0.2) is 48.4 Å². The lowest BCUT2D eigenvalue weighted by molar-refractivity contribution is -0.121. The average Bonchev–Trinajstić information content (AvgIpc) is 3.65. The highest BCUT2D eigenvalue weighted by molar-refractivity contribution is 7.80. The second kappa shape index (κ2) is 10.6. The molecule has 1 saturated carbocycles. The fraction of sp³-hybridized carbons (Fsp3) is 0.462. The second-order valence-corrected chi connectivity index (χ2v) is 9.65. The number of aliphatic hydroxyl groups excluding tert-OH is 1. The summed E-state index contributed by atoms with van der Waals surface area (Å²) in [7, 11) is 1.48. The van der Waals surface area contributed by atoms with E-state index in [1.165, 1.54) is 19.2 Å². The Morgan fingerprint density at radius 3 is 2.65 bits per heavy atom. The number of aliphatic hydroxyl groups is 1. The molecule has 1 aliphatic heterocycles. The minimum absolute atomic E-state index is 0.0157. The van der Waals surface area contributed by atoms with Gasteiger partial charge in [-0.3, -0.25) is 4.79 Å². The number of ketones is 1. The normalized spacial score (nSPS) is 25.5. The number of hydrogen-bond acceptors (Lipinski definition) is 5. The topological polar surface area (TPSA) is 67.8 Å². The number of ether oxygens (including phenoxy) is 2. The number of methoxy groups -OCH3 is 1. The predicted octanol–water partition coefficient (Wildman–Crippen LogP) is 4.17. The number of carbonyl (C=O) groups is 1. The van der Waals surface area contributed by atoms with Crippen molar-refractivity contribution in [2.45, 2.75) is 43.4 Å². The summed E-state index contributed by atoms with van der Waals surface area (Å²) in [6.07, 6.45) is 1.42. The molecule has 1 heterocycles. The Morgan fingerprint density at radius 1 is 1.26 bits per heavy atom. The monoisotopic (exact) mass is 489 g/mol. The first-order chi connectivity index (χ1) is 16.3. The van der Waals surface area contributed by atoms with Gasteiger partial charge in [-0.25, -0.2) is 8.78 Å². The van der Waals surface area contributed by atoms with E-state index in [2.05, 4.69) is 5.32 Å². The van der Waals surface area contributed by atoms with Crippen LogP contribution in [-0.2, 0) is 15.0 Å². The van der Waals surface area contributed by atoms with Crippen LogP contribution in [0.1, 0.15) is 41.6 Å². The first kappa shape index (κ1) is 24.9. The molecule has 2 aromatic carbocycles. The minimum atomic E-state index is -1.30. The van der Waals surface area contributed by atoms with Gasteiger partial charge in [0.1, 0.15) is 11.6 Å². The number of nitrogens with one attached hydrogen (secondary N) is 1. The third-order valence-corrected chi connectivity index (χ3v) is 7.03. The smallest absolute Gasteiger partial charge is 0.169 e. The molecule has 2 aliphatic rings. The van der Waals surface area contributed by atoms with Crippen LogP contribution in [0.4, 0.5) is 8.78 Å².